The monoisotopic (exact) mass is 453 g/mol. The Bertz CT molecular complexity index is 1230. The average Bonchev–Trinajstić information content (AvgIpc) is 2.78. The summed E-state index contributed by atoms with van der Waals surface area (Å²) in [6, 6.07) is 14.6. The highest BCUT2D eigenvalue weighted by atomic mass is 35.5. The summed E-state index contributed by atoms with van der Waals surface area (Å²) < 4.78 is 27.5. The van der Waals surface area contributed by atoms with E-state index in [2.05, 4.69) is 0 Å². The Morgan fingerprint density at radius 3 is 2.16 bits per heavy atom. The Labute approximate surface area is 186 Å². The van der Waals surface area contributed by atoms with Crippen molar-refractivity contribution in [2.45, 2.75) is 11.8 Å². The van der Waals surface area contributed by atoms with Crippen LogP contribution in [0.4, 0.5) is 0 Å². The molecule has 7 heteroatoms. The third kappa shape index (κ3) is 3.66. The first-order chi connectivity index (χ1) is 14.8. The van der Waals surface area contributed by atoms with Crippen molar-refractivity contribution in [3.63, 3.8) is 0 Å². The number of allylic oxidation sites excluding steroid dienone is 2. The molecule has 2 aliphatic rings. The number of sulfone groups is 1. The number of amides is 1. The van der Waals surface area contributed by atoms with Crippen molar-refractivity contribution in [2.24, 2.45) is 5.41 Å². The van der Waals surface area contributed by atoms with Gasteiger partial charge in [-0.25, -0.2) is 8.42 Å². The lowest BCUT2D eigenvalue weighted by atomic mass is 9.71. The third-order valence-electron chi connectivity index (χ3n) is 5.55. The van der Waals surface area contributed by atoms with Gasteiger partial charge in [0.2, 0.25) is 9.84 Å². The zero-order valence-corrected chi connectivity index (χ0v) is 18.4. The molecule has 0 radical (unpaired) electrons. The van der Waals surface area contributed by atoms with Crippen molar-refractivity contribution in [2.75, 3.05) is 13.1 Å². The van der Waals surface area contributed by atoms with E-state index in [1.165, 1.54) is 29.2 Å². The second kappa shape index (κ2) is 7.94. The van der Waals surface area contributed by atoms with Crippen LogP contribution in [0.3, 0.4) is 0 Å². The lowest BCUT2D eigenvalue weighted by Gasteiger charge is -2.42. The van der Waals surface area contributed by atoms with Crippen LogP contribution in [0, 0.1) is 5.41 Å². The first kappa shape index (κ1) is 21.3. The highest BCUT2D eigenvalue weighted by molar-refractivity contribution is 7.96. The predicted molar refractivity (Wildman–Crippen MR) is 120 cm³/mol. The van der Waals surface area contributed by atoms with Crippen LogP contribution < -0.4 is 0 Å². The molecule has 1 aliphatic heterocycles. The average molecular weight is 454 g/mol. The summed E-state index contributed by atoms with van der Waals surface area (Å²) in [7, 11) is -4.15. The Balaban J connectivity index is 2.10. The van der Waals surface area contributed by atoms with Crippen molar-refractivity contribution >= 4 is 38.7 Å². The Morgan fingerprint density at radius 2 is 1.58 bits per heavy atom. The molecule has 1 amide bonds. The molecule has 0 aromatic heterocycles. The summed E-state index contributed by atoms with van der Waals surface area (Å²) >= 11 is 6.06. The van der Waals surface area contributed by atoms with Crippen molar-refractivity contribution in [1.29, 1.82) is 0 Å². The number of hydrogen-bond donors (Lipinski definition) is 0. The summed E-state index contributed by atoms with van der Waals surface area (Å²) in [5.74, 6) is -0.742. The third-order valence-corrected chi connectivity index (χ3v) is 7.61. The van der Waals surface area contributed by atoms with Gasteiger partial charge in [-0.15, -0.1) is 0 Å². The molecule has 1 aliphatic carbocycles. The molecule has 1 heterocycles. The first-order valence-electron chi connectivity index (χ1n) is 9.81. The zero-order chi connectivity index (χ0) is 22.2. The van der Waals surface area contributed by atoms with E-state index in [9.17, 15) is 18.0 Å². The molecule has 4 rings (SSSR count). The van der Waals surface area contributed by atoms with E-state index in [0.29, 0.717) is 22.7 Å². The number of halogens is 1. The smallest absolute Gasteiger partial charge is 0.266 e. The topological polar surface area (TPSA) is 71.5 Å². The summed E-state index contributed by atoms with van der Waals surface area (Å²) in [6.07, 6.45) is 6.22. The summed E-state index contributed by atoms with van der Waals surface area (Å²) in [5, 5.41) is 0.494. The number of likely N-dealkylation sites (N-methyl/N-ethyl adjacent to an activating group) is 1. The van der Waals surface area contributed by atoms with Gasteiger partial charge in [0.1, 0.15) is 4.91 Å². The van der Waals surface area contributed by atoms with Crippen molar-refractivity contribution in [3.8, 4) is 0 Å². The van der Waals surface area contributed by atoms with Gasteiger partial charge in [-0.1, -0.05) is 54.1 Å². The van der Waals surface area contributed by atoms with Gasteiger partial charge in [0.25, 0.3) is 5.91 Å². The predicted octanol–water partition coefficient (Wildman–Crippen LogP) is 4.07. The molecule has 31 heavy (non-hydrogen) atoms. The number of carbonyl (C=O) groups excluding carboxylic acids is 2. The van der Waals surface area contributed by atoms with Gasteiger partial charge in [0.05, 0.1) is 10.3 Å². The first-order valence-corrected chi connectivity index (χ1v) is 11.7. The highest BCUT2D eigenvalue weighted by Gasteiger charge is 2.47. The van der Waals surface area contributed by atoms with Crippen LogP contribution in [0.1, 0.15) is 12.5 Å². The Hall–Kier alpha value is -2.96. The van der Waals surface area contributed by atoms with Gasteiger partial charge in [-0.05, 0) is 54.5 Å². The SMILES string of the molecule is CCN1CC2(C=CC(=O)C=C2)C(c2ccc(Cl)cc2)=C(S(=O)(=O)c2ccccc2)C1=O. The molecule has 0 saturated heterocycles. The van der Waals surface area contributed by atoms with Gasteiger partial charge in [-0.3, -0.25) is 9.59 Å². The van der Waals surface area contributed by atoms with Crippen LogP contribution in [0.5, 0.6) is 0 Å². The molecule has 0 bridgehead atoms. The van der Waals surface area contributed by atoms with Crippen LogP contribution in [0.15, 0.2) is 88.7 Å². The second-order valence-corrected chi connectivity index (χ2v) is 9.78. The summed E-state index contributed by atoms with van der Waals surface area (Å²) in [6.45, 7) is 2.36. The number of rotatable bonds is 4. The lowest BCUT2D eigenvalue weighted by Crippen LogP contribution is -2.48. The fourth-order valence-corrected chi connectivity index (χ4v) is 5.82. The molecule has 0 atom stereocenters. The van der Waals surface area contributed by atoms with Crippen molar-refractivity contribution in [1.82, 2.24) is 4.90 Å². The minimum Gasteiger partial charge on any atom is -0.337 e. The van der Waals surface area contributed by atoms with Gasteiger partial charge in [0.15, 0.2) is 5.78 Å². The van der Waals surface area contributed by atoms with E-state index in [0.717, 1.165) is 0 Å². The van der Waals surface area contributed by atoms with Crippen LogP contribution in [-0.4, -0.2) is 38.1 Å². The molecule has 5 nitrogen and oxygen atoms in total. The maximum atomic E-state index is 13.8. The van der Waals surface area contributed by atoms with Gasteiger partial charge >= 0.3 is 0 Å². The summed E-state index contributed by atoms with van der Waals surface area (Å²) in [5.41, 5.74) is -0.0441. The maximum absolute atomic E-state index is 13.8. The molecule has 0 N–H and O–H groups in total. The molecule has 2 aromatic rings. The number of carbonyl (C=O) groups is 2. The maximum Gasteiger partial charge on any atom is 0.266 e. The van der Waals surface area contributed by atoms with Crippen LogP contribution in [-0.2, 0) is 19.4 Å². The second-order valence-electron chi connectivity index (χ2n) is 7.46. The summed E-state index contributed by atoms with van der Waals surface area (Å²) in [4.78, 5) is 26.6. The molecule has 158 valence electrons. The molecule has 1 spiro atoms. The molecule has 2 aromatic carbocycles. The quantitative estimate of drug-likeness (QED) is 0.699. The van der Waals surface area contributed by atoms with Gasteiger partial charge in [-0.2, -0.15) is 0 Å². The van der Waals surface area contributed by atoms with Crippen LogP contribution >= 0.6 is 11.6 Å². The van der Waals surface area contributed by atoms with E-state index in [1.807, 2.05) is 0 Å². The minimum absolute atomic E-state index is 0.0396. The fraction of sp³-hybridized carbons (Fsp3) is 0.167. The van der Waals surface area contributed by atoms with E-state index < -0.39 is 21.2 Å². The van der Waals surface area contributed by atoms with E-state index in [4.69, 9.17) is 11.6 Å². The molecule has 0 saturated carbocycles. The van der Waals surface area contributed by atoms with Crippen LogP contribution in [0.25, 0.3) is 5.57 Å². The number of nitrogens with zero attached hydrogens (tertiary/aromatic N) is 1. The fourth-order valence-electron chi connectivity index (χ4n) is 4.01. The standard InChI is InChI=1S/C24H20ClNO4S/c1-2-26-16-24(14-12-19(27)13-15-24)21(17-8-10-18(25)11-9-17)22(23(26)28)31(29,30)20-6-4-3-5-7-20/h3-15H,2,16H2,1H3. The van der Waals surface area contributed by atoms with Crippen LogP contribution in [0.2, 0.25) is 5.02 Å². The lowest BCUT2D eigenvalue weighted by molar-refractivity contribution is -0.127. The van der Waals surface area contributed by atoms with Gasteiger partial charge < -0.3 is 4.90 Å². The zero-order valence-electron chi connectivity index (χ0n) is 16.8. The Morgan fingerprint density at radius 1 is 0.968 bits per heavy atom. The van der Waals surface area contributed by atoms with Gasteiger partial charge in [0, 0.05) is 18.1 Å². The molecule has 0 fully saturated rings. The molecular formula is C24H20ClNO4S. The normalized spacial score (nSPS) is 18.2. The number of benzene rings is 2. The van der Waals surface area contributed by atoms with E-state index >= 15 is 0 Å². The van der Waals surface area contributed by atoms with Crippen molar-refractivity contribution < 1.29 is 18.0 Å². The Kier molecular flexibility index (Phi) is 5.45. The van der Waals surface area contributed by atoms with E-state index in [-0.39, 0.29) is 22.1 Å². The van der Waals surface area contributed by atoms with E-state index in [1.54, 1.807) is 61.5 Å². The molecular weight excluding hydrogens is 434 g/mol. The van der Waals surface area contributed by atoms with Crippen molar-refractivity contribution in [3.05, 3.63) is 94.4 Å². The molecule has 0 unspecified atom stereocenters. The highest BCUT2D eigenvalue weighted by Crippen LogP contribution is 2.48. The minimum atomic E-state index is -4.15. The number of hydrogen-bond acceptors (Lipinski definition) is 4. The number of ketones is 1. The largest absolute Gasteiger partial charge is 0.337 e.